The third-order valence-electron chi connectivity index (χ3n) is 6.18. The number of aliphatic hydroxyl groups is 1. The predicted octanol–water partition coefficient (Wildman–Crippen LogP) is 5.27. The van der Waals surface area contributed by atoms with E-state index < -0.39 is 5.60 Å². The first-order chi connectivity index (χ1) is 12.1. The van der Waals surface area contributed by atoms with Crippen LogP contribution in [0.4, 0.5) is 0 Å². The Labute approximate surface area is 152 Å². The maximum atomic E-state index is 11.8. The van der Waals surface area contributed by atoms with Gasteiger partial charge in [-0.2, -0.15) is 0 Å². The molecule has 1 saturated heterocycles. The van der Waals surface area contributed by atoms with Crippen LogP contribution in [-0.4, -0.2) is 10.7 Å². The molecule has 25 heavy (non-hydrogen) atoms. The average molecular weight is 338 g/mol. The first-order valence-electron chi connectivity index (χ1n) is 9.66. The second-order valence-electron chi connectivity index (χ2n) is 7.62. The second-order valence-corrected chi connectivity index (χ2v) is 7.62. The lowest BCUT2D eigenvalue weighted by atomic mass is 9.64. The largest absolute Gasteiger partial charge is 0.389 e. The summed E-state index contributed by atoms with van der Waals surface area (Å²) in [6, 6.07) is 21.5. The summed E-state index contributed by atoms with van der Waals surface area (Å²) in [7, 11) is 0. The number of nitrogens with one attached hydrogen (secondary N) is 1. The molecular formula is C23H31NO. The van der Waals surface area contributed by atoms with Gasteiger partial charge in [0.1, 0.15) is 0 Å². The monoisotopic (exact) mass is 337 g/mol. The van der Waals surface area contributed by atoms with Gasteiger partial charge in [0, 0.05) is 23.9 Å². The standard InChI is InChI=1S/C23H31NO/c1-4-5-16-23(25)17(2)21(19-12-8-6-9-13-19)24-22(18(23)3)20-14-10-7-11-15-20/h6-15,17-18,21-22,24-25H,4-5,16H2,1-3H3/t17-,18+,21-,22-,23?/m0/s1. The molecule has 5 atom stereocenters. The molecule has 0 amide bonds. The van der Waals surface area contributed by atoms with Crippen molar-refractivity contribution in [2.75, 3.05) is 0 Å². The smallest absolute Gasteiger partial charge is 0.0734 e. The topological polar surface area (TPSA) is 32.3 Å². The van der Waals surface area contributed by atoms with E-state index in [9.17, 15) is 5.11 Å². The van der Waals surface area contributed by atoms with Crippen molar-refractivity contribution < 1.29 is 5.11 Å². The summed E-state index contributed by atoms with van der Waals surface area (Å²) < 4.78 is 0. The van der Waals surface area contributed by atoms with Crippen LogP contribution in [0.5, 0.6) is 0 Å². The van der Waals surface area contributed by atoms with Crippen LogP contribution in [0.3, 0.4) is 0 Å². The molecule has 2 aromatic rings. The molecule has 1 aliphatic rings. The van der Waals surface area contributed by atoms with Crippen LogP contribution in [0, 0.1) is 11.8 Å². The van der Waals surface area contributed by atoms with E-state index in [2.05, 4.69) is 86.8 Å². The van der Waals surface area contributed by atoms with Gasteiger partial charge in [-0.1, -0.05) is 94.3 Å². The van der Waals surface area contributed by atoms with Crippen molar-refractivity contribution in [3.63, 3.8) is 0 Å². The Balaban J connectivity index is 2.00. The van der Waals surface area contributed by atoms with Crippen molar-refractivity contribution in [2.24, 2.45) is 11.8 Å². The van der Waals surface area contributed by atoms with E-state index in [1.165, 1.54) is 11.1 Å². The highest BCUT2D eigenvalue weighted by Gasteiger charge is 2.50. The highest BCUT2D eigenvalue weighted by molar-refractivity contribution is 5.27. The van der Waals surface area contributed by atoms with E-state index in [-0.39, 0.29) is 23.9 Å². The SMILES string of the molecule is CCCCC1(O)[C@H](C)[C@@H](c2ccccc2)N[C@H](c2ccccc2)[C@@H]1C. The molecule has 0 aliphatic carbocycles. The molecule has 0 bridgehead atoms. The van der Waals surface area contributed by atoms with E-state index in [1.807, 2.05) is 0 Å². The maximum absolute atomic E-state index is 11.8. The molecule has 1 fully saturated rings. The molecule has 1 unspecified atom stereocenters. The Bertz CT molecular complexity index is 603. The zero-order valence-corrected chi connectivity index (χ0v) is 15.7. The van der Waals surface area contributed by atoms with Gasteiger partial charge < -0.3 is 10.4 Å². The van der Waals surface area contributed by atoms with Gasteiger partial charge in [0.2, 0.25) is 0 Å². The number of hydrogen-bond acceptors (Lipinski definition) is 2. The Kier molecular flexibility index (Phi) is 5.61. The Morgan fingerprint density at radius 2 is 1.28 bits per heavy atom. The van der Waals surface area contributed by atoms with Crippen molar-refractivity contribution in [1.82, 2.24) is 5.32 Å². The minimum absolute atomic E-state index is 0.157. The predicted molar refractivity (Wildman–Crippen MR) is 104 cm³/mol. The third kappa shape index (κ3) is 3.51. The van der Waals surface area contributed by atoms with Crippen molar-refractivity contribution in [3.05, 3.63) is 71.8 Å². The lowest BCUT2D eigenvalue weighted by Gasteiger charge is -2.52. The molecule has 2 heteroatoms. The number of piperidine rings is 1. The minimum atomic E-state index is -0.664. The number of rotatable bonds is 5. The van der Waals surface area contributed by atoms with Gasteiger partial charge in [-0.05, 0) is 17.5 Å². The summed E-state index contributed by atoms with van der Waals surface area (Å²) in [4.78, 5) is 0. The van der Waals surface area contributed by atoms with Gasteiger partial charge in [0.15, 0.2) is 0 Å². The summed E-state index contributed by atoms with van der Waals surface area (Å²) in [5, 5.41) is 15.6. The molecule has 2 N–H and O–H groups in total. The second kappa shape index (κ2) is 7.72. The molecule has 1 heterocycles. The average Bonchev–Trinajstić information content (AvgIpc) is 2.66. The molecule has 2 aromatic carbocycles. The molecule has 1 aliphatic heterocycles. The summed E-state index contributed by atoms with van der Waals surface area (Å²) in [6.45, 7) is 6.61. The normalized spacial score (nSPS) is 32.5. The van der Waals surface area contributed by atoms with E-state index in [0.29, 0.717) is 0 Å². The lowest BCUT2D eigenvalue weighted by molar-refractivity contribution is -0.117. The van der Waals surface area contributed by atoms with Gasteiger partial charge in [-0.3, -0.25) is 0 Å². The molecule has 134 valence electrons. The molecule has 0 spiro atoms. The minimum Gasteiger partial charge on any atom is -0.389 e. The van der Waals surface area contributed by atoms with Gasteiger partial charge >= 0.3 is 0 Å². The fourth-order valence-corrected chi connectivity index (χ4v) is 4.48. The molecule has 0 aromatic heterocycles. The summed E-state index contributed by atoms with van der Waals surface area (Å²) in [6.07, 6.45) is 3.04. The maximum Gasteiger partial charge on any atom is 0.0734 e. The highest BCUT2D eigenvalue weighted by Crippen LogP contribution is 2.48. The number of hydrogen-bond donors (Lipinski definition) is 2. The van der Waals surface area contributed by atoms with E-state index in [4.69, 9.17) is 0 Å². The fourth-order valence-electron chi connectivity index (χ4n) is 4.48. The number of unbranched alkanes of at least 4 members (excludes halogenated alkanes) is 1. The van der Waals surface area contributed by atoms with E-state index in [0.717, 1.165) is 19.3 Å². The zero-order chi connectivity index (χ0) is 17.9. The van der Waals surface area contributed by atoms with Crippen LogP contribution in [0.1, 0.15) is 63.2 Å². The fraction of sp³-hybridized carbons (Fsp3) is 0.478. The van der Waals surface area contributed by atoms with Crippen LogP contribution >= 0.6 is 0 Å². The summed E-state index contributed by atoms with van der Waals surface area (Å²) in [5.74, 6) is 0.327. The molecule has 0 saturated carbocycles. The summed E-state index contributed by atoms with van der Waals surface area (Å²) in [5.41, 5.74) is 1.86. The quantitative estimate of drug-likeness (QED) is 0.779. The van der Waals surface area contributed by atoms with E-state index in [1.54, 1.807) is 0 Å². The first kappa shape index (κ1) is 18.2. The lowest BCUT2D eigenvalue weighted by Crippen LogP contribution is -2.57. The Hall–Kier alpha value is -1.64. The number of benzene rings is 2. The van der Waals surface area contributed by atoms with Crippen molar-refractivity contribution in [2.45, 2.75) is 57.7 Å². The molecule has 0 radical (unpaired) electrons. The van der Waals surface area contributed by atoms with Crippen molar-refractivity contribution in [3.8, 4) is 0 Å². The van der Waals surface area contributed by atoms with Gasteiger partial charge in [-0.25, -0.2) is 0 Å². The van der Waals surface area contributed by atoms with Gasteiger partial charge in [0.25, 0.3) is 0 Å². The molecular weight excluding hydrogens is 306 g/mol. The Morgan fingerprint density at radius 3 is 1.68 bits per heavy atom. The molecule has 2 nitrogen and oxygen atoms in total. The van der Waals surface area contributed by atoms with Gasteiger partial charge in [-0.15, -0.1) is 0 Å². The first-order valence-corrected chi connectivity index (χ1v) is 9.66. The van der Waals surface area contributed by atoms with Crippen molar-refractivity contribution in [1.29, 1.82) is 0 Å². The summed E-state index contributed by atoms with van der Waals surface area (Å²) >= 11 is 0. The third-order valence-corrected chi connectivity index (χ3v) is 6.18. The van der Waals surface area contributed by atoms with Crippen LogP contribution in [0.2, 0.25) is 0 Å². The van der Waals surface area contributed by atoms with Gasteiger partial charge in [0.05, 0.1) is 5.60 Å². The zero-order valence-electron chi connectivity index (χ0n) is 15.7. The Morgan fingerprint density at radius 1 is 0.840 bits per heavy atom. The van der Waals surface area contributed by atoms with Crippen LogP contribution in [0.15, 0.2) is 60.7 Å². The highest BCUT2D eigenvalue weighted by atomic mass is 16.3. The van der Waals surface area contributed by atoms with E-state index >= 15 is 0 Å². The molecule has 3 rings (SSSR count). The van der Waals surface area contributed by atoms with Crippen molar-refractivity contribution >= 4 is 0 Å². The van der Waals surface area contributed by atoms with Crippen LogP contribution in [0.25, 0.3) is 0 Å². The van der Waals surface area contributed by atoms with Crippen LogP contribution < -0.4 is 5.32 Å². The van der Waals surface area contributed by atoms with Crippen LogP contribution in [-0.2, 0) is 0 Å².